The van der Waals surface area contributed by atoms with Crippen LogP contribution in [-0.2, 0) is 16.9 Å². The number of aryl methyl sites for hydroxylation is 1. The van der Waals surface area contributed by atoms with Crippen molar-refractivity contribution in [2.45, 2.75) is 44.9 Å². The maximum atomic E-state index is 13.3. The molecule has 2 aromatic carbocycles. The average Bonchev–Trinajstić information content (AvgIpc) is 3.27. The molecule has 38 heavy (non-hydrogen) atoms. The number of benzene rings is 2. The van der Waals surface area contributed by atoms with E-state index in [9.17, 15) is 21.6 Å². The molecule has 2 atom stereocenters. The Morgan fingerprint density at radius 1 is 1.18 bits per heavy atom. The first-order chi connectivity index (χ1) is 17.9. The van der Waals surface area contributed by atoms with E-state index in [0.29, 0.717) is 46.2 Å². The van der Waals surface area contributed by atoms with Crippen LogP contribution in [0.4, 0.5) is 24.7 Å². The fourth-order valence-electron chi connectivity index (χ4n) is 4.62. The van der Waals surface area contributed by atoms with Crippen LogP contribution in [-0.4, -0.2) is 55.5 Å². The second kappa shape index (κ2) is 11.2. The normalized spacial score (nSPS) is 17.2. The first kappa shape index (κ1) is 27.7. The van der Waals surface area contributed by atoms with Crippen LogP contribution < -0.4 is 20.5 Å². The first-order valence-corrected chi connectivity index (χ1v) is 13.4. The van der Waals surface area contributed by atoms with Crippen molar-refractivity contribution in [2.24, 2.45) is 0 Å². The van der Waals surface area contributed by atoms with Gasteiger partial charge in [0.05, 0.1) is 30.1 Å². The highest BCUT2D eigenvalue weighted by Crippen LogP contribution is 2.37. The maximum Gasteiger partial charge on any atom is 0.416 e. The molecule has 2 heterocycles. The van der Waals surface area contributed by atoms with Gasteiger partial charge in [-0.1, -0.05) is 0 Å². The Hall–Kier alpha value is -3.32. The molecule has 9 nitrogen and oxygen atoms in total. The third-order valence-electron chi connectivity index (χ3n) is 6.48. The number of nitrogens with one attached hydrogen (secondary N) is 1. The molecular weight excluding hydrogens is 523 g/mol. The molecule has 3 N–H and O–H groups in total. The highest BCUT2D eigenvalue weighted by molar-refractivity contribution is 7.72. The number of ether oxygens (including phenoxy) is 2. The van der Waals surface area contributed by atoms with Crippen molar-refractivity contribution in [3.8, 4) is 11.5 Å². The zero-order chi connectivity index (χ0) is 27.6. The Labute approximate surface area is 220 Å². The third-order valence-corrected chi connectivity index (χ3v) is 7.07. The molecule has 3 aromatic rings. The Balaban J connectivity index is 1.64. The van der Waals surface area contributed by atoms with Gasteiger partial charge in [0.15, 0.2) is 22.2 Å². The van der Waals surface area contributed by atoms with Gasteiger partial charge in [0.1, 0.15) is 18.2 Å². The molecule has 1 saturated heterocycles. The van der Waals surface area contributed by atoms with Crippen molar-refractivity contribution in [3.63, 3.8) is 0 Å². The van der Waals surface area contributed by atoms with Gasteiger partial charge in [-0.2, -0.15) is 13.2 Å². The largest absolute Gasteiger partial charge is 0.493 e. The molecule has 0 radical (unpaired) electrons. The Morgan fingerprint density at radius 2 is 1.95 bits per heavy atom. The van der Waals surface area contributed by atoms with Gasteiger partial charge in [0.2, 0.25) is 0 Å². The summed E-state index contributed by atoms with van der Waals surface area (Å²) in [6.07, 6.45) is -2.83. The van der Waals surface area contributed by atoms with Crippen molar-refractivity contribution >= 4 is 33.1 Å². The van der Waals surface area contributed by atoms with Crippen LogP contribution in [0.25, 0.3) is 10.9 Å². The summed E-state index contributed by atoms with van der Waals surface area (Å²) in [5.74, 6) is 1.72. The van der Waals surface area contributed by atoms with Crippen LogP contribution in [0.3, 0.4) is 0 Å². The van der Waals surface area contributed by atoms with Gasteiger partial charge >= 0.3 is 6.18 Å². The number of aromatic nitrogens is 2. The summed E-state index contributed by atoms with van der Waals surface area (Å²) in [5, 5.41) is 3.78. The van der Waals surface area contributed by atoms with Crippen molar-refractivity contribution in [3.05, 3.63) is 47.3 Å². The predicted molar refractivity (Wildman–Crippen MR) is 139 cm³/mol. The smallest absolute Gasteiger partial charge is 0.416 e. The van der Waals surface area contributed by atoms with E-state index in [-0.39, 0.29) is 24.2 Å². The average molecular weight is 554 g/mol. The fourth-order valence-corrected chi connectivity index (χ4v) is 5.29. The standard InChI is InChI=1S/C25H30F3N5O4S/c1-14(16-7-17(25(26,27)28)9-18(29)8-16)30-24-20-10-23(22(36-3)11-21(20)31-15(2)32-24)37-12-19-5-4-6-33(19)13-38(34)35/h7-11,14,19,38H,4-6,12-13,29H2,1-3H3,(H,30,31,32)/t14-,19+/m1/s1. The summed E-state index contributed by atoms with van der Waals surface area (Å²) < 4.78 is 74.0. The van der Waals surface area contributed by atoms with E-state index in [4.69, 9.17) is 15.2 Å². The van der Waals surface area contributed by atoms with Crippen LogP contribution in [0, 0.1) is 6.92 Å². The van der Waals surface area contributed by atoms with E-state index in [1.165, 1.54) is 13.2 Å². The summed E-state index contributed by atoms with van der Waals surface area (Å²) in [5.41, 5.74) is 5.85. The highest BCUT2D eigenvalue weighted by Gasteiger charge is 2.31. The summed E-state index contributed by atoms with van der Waals surface area (Å²) in [7, 11) is -1.03. The van der Waals surface area contributed by atoms with Crippen molar-refractivity contribution in [1.82, 2.24) is 14.9 Å². The van der Waals surface area contributed by atoms with Crippen LogP contribution in [0.15, 0.2) is 30.3 Å². The van der Waals surface area contributed by atoms with Gasteiger partial charge in [-0.3, -0.25) is 4.90 Å². The van der Waals surface area contributed by atoms with Gasteiger partial charge in [-0.25, -0.2) is 18.4 Å². The lowest BCUT2D eigenvalue weighted by molar-refractivity contribution is -0.137. The summed E-state index contributed by atoms with van der Waals surface area (Å²) in [6, 6.07) is 6.26. The second-order valence-electron chi connectivity index (χ2n) is 9.29. The van der Waals surface area contributed by atoms with Gasteiger partial charge in [0.25, 0.3) is 0 Å². The quantitative estimate of drug-likeness (QED) is 0.265. The molecule has 1 aliphatic heterocycles. The number of nitrogens with two attached hydrogens (primary N) is 1. The topological polar surface area (TPSA) is 120 Å². The number of nitrogens with zero attached hydrogens (tertiary/aromatic N) is 3. The molecule has 0 bridgehead atoms. The lowest BCUT2D eigenvalue weighted by Gasteiger charge is -2.23. The molecule has 1 aliphatic rings. The lowest BCUT2D eigenvalue weighted by Crippen LogP contribution is -2.35. The number of hydrogen-bond donors (Lipinski definition) is 3. The number of nitrogen functional groups attached to an aromatic ring is 1. The fraction of sp³-hybridized carbons (Fsp3) is 0.440. The van der Waals surface area contributed by atoms with Gasteiger partial charge in [-0.15, -0.1) is 0 Å². The minimum atomic E-state index is -4.52. The minimum absolute atomic E-state index is 0.00936. The van der Waals surface area contributed by atoms with E-state index >= 15 is 0 Å². The van der Waals surface area contributed by atoms with Crippen molar-refractivity contribution in [2.75, 3.05) is 37.2 Å². The number of halogens is 3. The first-order valence-electron chi connectivity index (χ1n) is 12.0. The molecule has 1 aromatic heterocycles. The molecular formula is C25H30F3N5O4S. The molecule has 0 unspecified atom stereocenters. The van der Waals surface area contributed by atoms with E-state index < -0.39 is 28.5 Å². The van der Waals surface area contributed by atoms with Crippen LogP contribution in [0.5, 0.6) is 11.5 Å². The number of anilines is 2. The van der Waals surface area contributed by atoms with E-state index in [1.54, 1.807) is 26.0 Å². The maximum absolute atomic E-state index is 13.3. The number of likely N-dealkylation sites (tertiary alicyclic amines) is 1. The van der Waals surface area contributed by atoms with Crippen LogP contribution in [0.1, 0.15) is 42.8 Å². The Bertz CT molecular complexity index is 1390. The molecule has 0 spiro atoms. The number of hydrogen-bond acceptors (Lipinski definition) is 9. The zero-order valence-electron chi connectivity index (χ0n) is 21.2. The molecule has 0 saturated carbocycles. The Kier molecular flexibility index (Phi) is 8.16. The van der Waals surface area contributed by atoms with Crippen molar-refractivity contribution < 1.29 is 31.1 Å². The number of methoxy groups -OCH3 is 1. The molecule has 206 valence electrons. The zero-order valence-corrected chi connectivity index (χ0v) is 22.1. The molecule has 0 amide bonds. The monoisotopic (exact) mass is 553 g/mol. The minimum Gasteiger partial charge on any atom is -0.493 e. The van der Waals surface area contributed by atoms with E-state index in [1.807, 2.05) is 4.90 Å². The molecule has 0 aliphatic carbocycles. The number of rotatable bonds is 9. The molecule has 4 rings (SSSR count). The number of alkyl halides is 3. The van der Waals surface area contributed by atoms with Gasteiger partial charge in [-0.05, 0) is 63.1 Å². The Morgan fingerprint density at radius 3 is 2.63 bits per heavy atom. The predicted octanol–water partition coefficient (Wildman–Crippen LogP) is 4.13. The van der Waals surface area contributed by atoms with Crippen molar-refractivity contribution in [1.29, 1.82) is 0 Å². The summed E-state index contributed by atoms with van der Waals surface area (Å²) in [6.45, 7) is 4.38. The number of fused-ring (bicyclic) bond motifs is 1. The van der Waals surface area contributed by atoms with Crippen LogP contribution >= 0.6 is 0 Å². The lowest BCUT2D eigenvalue weighted by atomic mass is 10.0. The van der Waals surface area contributed by atoms with Crippen LogP contribution in [0.2, 0.25) is 0 Å². The SMILES string of the molecule is COc1cc2nc(C)nc(N[C@H](C)c3cc(N)cc(C(F)(F)F)c3)c2cc1OC[C@@H]1CCCN1C[SH](=O)=O. The van der Waals surface area contributed by atoms with Gasteiger partial charge < -0.3 is 20.5 Å². The highest BCUT2D eigenvalue weighted by atomic mass is 32.2. The van der Waals surface area contributed by atoms with E-state index in [2.05, 4.69) is 15.3 Å². The second-order valence-corrected chi connectivity index (χ2v) is 10.2. The van der Waals surface area contributed by atoms with Gasteiger partial charge in [0, 0.05) is 23.2 Å². The van der Waals surface area contributed by atoms with E-state index in [0.717, 1.165) is 25.0 Å². The molecule has 1 fully saturated rings. The summed E-state index contributed by atoms with van der Waals surface area (Å²) >= 11 is 0. The third kappa shape index (κ3) is 6.38. The summed E-state index contributed by atoms with van der Waals surface area (Å²) in [4.78, 5) is 10.8. The molecule has 13 heteroatoms. The number of thiol groups is 1.